The molecule has 0 bridgehead atoms. The van der Waals surface area contributed by atoms with Gasteiger partial charge in [0.05, 0.1) is 6.04 Å². The van der Waals surface area contributed by atoms with Gasteiger partial charge in [-0.25, -0.2) is 0 Å². The van der Waals surface area contributed by atoms with E-state index in [9.17, 15) is 4.79 Å². The fourth-order valence-corrected chi connectivity index (χ4v) is 2.59. The molecule has 0 radical (unpaired) electrons. The second-order valence-electron chi connectivity index (χ2n) is 4.56. The van der Waals surface area contributed by atoms with Crippen LogP contribution < -0.4 is 4.90 Å². The number of para-hydroxylation sites is 1. The average molecular weight is 237 g/mol. The molecule has 1 atom stereocenters. The van der Waals surface area contributed by atoms with Crippen LogP contribution in [0.5, 0.6) is 0 Å². The Bertz CT molecular complexity index is 536. The third kappa shape index (κ3) is 1.90. The minimum atomic E-state index is 0.182. The zero-order chi connectivity index (χ0) is 12.4. The summed E-state index contributed by atoms with van der Waals surface area (Å²) in [6, 6.07) is 20.4. The van der Waals surface area contributed by atoms with Crippen LogP contribution >= 0.6 is 0 Å². The first-order valence-corrected chi connectivity index (χ1v) is 6.28. The van der Waals surface area contributed by atoms with Crippen molar-refractivity contribution in [1.29, 1.82) is 0 Å². The second kappa shape index (κ2) is 4.65. The maximum Gasteiger partial charge on any atom is 0.227 e. The number of rotatable bonds is 2. The molecule has 0 aliphatic carbocycles. The fourth-order valence-electron chi connectivity index (χ4n) is 2.59. The number of amides is 1. The summed E-state index contributed by atoms with van der Waals surface area (Å²) >= 11 is 0. The molecule has 2 aromatic carbocycles. The number of carbonyl (C=O) groups is 1. The van der Waals surface area contributed by atoms with Crippen molar-refractivity contribution in [3.63, 3.8) is 0 Å². The van der Waals surface area contributed by atoms with Crippen LogP contribution in [-0.4, -0.2) is 5.91 Å². The molecule has 1 fully saturated rings. The molecular formula is C16H15NO. The highest BCUT2D eigenvalue weighted by Gasteiger charge is 2.32. The van der Waals surface area contributed by atoms with E-state index in [1.807, 2.05) is 53.4 Å². The summed E-state index contributed by atoms with van der Waals surface area (Å²) < 4.78 is 0. The van der Waals surface area contributed by atoms with E-state index >= 15 is 0 Å². The Morgan fingerprint density at radius 3 is 2.17 bits per heavy atom. The Morgan fingerprint density at radius 2 is 1.50 bits per heavy atom. The van der Waals surface area contributed by atoms with Crippen LogP contribution in [0.4, 0.5) is 5.69 Å². The van der Waals surface area contributed by atoms with Gasteiger partial charge in [-0.2, -0.15) is 0 Å². The number of nitrogens with zero attached hydrogens (tertiary/aromatic N) is 1. The highest BCUT2D eigenvalue weighted by atomic mass is 16.2. The molecule has 2 nitrogen and oxygen atoms in total. The van der Waals surface area contributed by atoms with Gasteiger partial charge in [-0.3, -0.25) is 4.79 Å². The lowest BCUT2D eigenvalue weighted by atomic mass is 10.0. The summed E-state index contributed by atoms with van der Waals surface area (Å²) in [4.78, 5) is 14.0. The largest absolute Gasteiger partial charge is 0.305 e. The van der Waals surface area contributed by atoms with Gasteiger partial charge in [-0.15, -0.1) is 0 Å². The van der Waals surface area contributed by atoms with E-state index in [0.29, 0.717) is 6.42 Å². The molecule has 1 aliphatic heterocycles. The molecule has 1 heterocycles. The maximum atomic E-state index is 12.1. The van der Waals surface area contributed by atoms with Gasteiger partial charge < -0.3 is 4.90 Å². The molecule has 0 spiro atoms. The first kappa shape index (κ1) is 11.0. The van der Waals surface area contributed by atoms with Crippen LogP contribution in [0, 0.1) is 0 Å². The minimum Gasteiger partial charge on any atom is -0.305 e. The van der Waals surface area contributed by atoms with Crippen LogP contribution in [0.2, 0.25) is 0 Å². The van der Waals surface area contributed by atoms with Crippen molar-refractivity contribution in [1.82, 2.24) is 0 Å². The lowest BCUT2D eigenvalue weighted by Crippen LogP contribution is -2.27. The molecule has 3 rings (SSSR count). The topological polar surface area (TPSA) is 20.3 Å². The summed E-state index contributed by atoms with van der Waals surface area (Å²) in [7, 11) is 0. The van der Waals surface area contributed by atoms with Gasteiger partial charge in [0.15, 0.2) is 0 Å². The first-order chi connectivity index (χ1) is 8.86. The van der Waals surface area contributed by atoms with E-state index in [4.69, 9.17) is 0 Å². The van der Waals surface area contributed by atoms with Crippen LogP contribution in [-0.2, 0) is 4.79 Å². The summed E-state index contributed by atoms with van der Waals surface area (Å²) in [5, 5.41) is 0. The van der Waals surface area contributed by atoms with Gasteiger partial charge in [-0.1, -0.05) is 48.5 Å². The van der Waals surface area contributed by atoms with Gasteiger partial charge in [0.25, 0.3) is 0 Å². The van der Waals surface area contributed by atoms with Crippen molar-refractivity contribution in [2.24, 2.45) is 0 Å². The first-order valence-electron chi connectivity index (χ1n) is 6.28. The van der Waals surface area contributed by atoms with E-state index in [0.717, 1.165) is 12.1 Å². The molecule has 0 unspecified atom stereocenters. The summed E-state index contributed by atoms with van der Waals surface area (Å²) in [6.45, 7) is 0. The van der Waals surface area contributed by atoms with Gasteiger partial charge in [0.1, 0.15) is 0 Å². The van der Waals surface area contributed by atoms with Gasteiger partial charge >= 0.3 is 0 Å². The Balaban J connectivity index is 1.98. The van der Waals surface area contributed by atoms with Crippen LogP contribution in [0.3, 0.4) is 0 Å². The van der Waals surface area contributed by atoms with Crippen molar-refractivity contribution in [3.05, 3.63) is 66.2 Å². The van der Waals surface area contributed by atoms with Gasteiger partial charge in [0.2, 0.25) is 5.91 Å². The van der Waals surface area contributed by atoms with E-state index < -0.39 is 0 Å². The molecule has 1 aliphatic rings. The van der Waals surface area contributed by atoms with Crippen molar-refractivity contribution >= 4 is 11.6 Å². The number of hydrogen-bond acceptors (Lipinski definition) is 1. The van der Waals surface area contributed by atoms with Gasteiger partial charge in [0, 0.05) is 12.1 Å². The quantitative estimate of drug-likeness (QED) is 0.782. The van der Waals surface area contributed by atoms with E-state index in [2.05, 4.69) is 12.1 Å². The standard InChI is InChI=1S/C16H15NO/c18-16-12-11-15(13-7-3-1-4-8-13)17(16)14-9-5-2-6-10-14/h1-10,15H,11-12H2/t15-/m1/s1. The smallest absolute Gasteiger partial charge is 0.227 e. The number of hydrogen-bond donors (Lipinski definition) is 0. The molecule has 2 heteroatoms. The van der Waals surface area contributed by atoms with E-state index in [1.54, 1.807) is 0 Å². The Kier molecular flexibility index (Phi) is 2.85. The molecule has 90 valence electrons. The SMILES string of the molecule is O=C1CC[C@H](c2ccccc2)N1c1ccccc1. The zero-order valence-corrected chi connectivity index (χ0v) is 10.1. The van der Waals surface area contributed by atoms with Crippen molar-refractivity contribution < 1.29 is 4.79 Å². The van der Waals surface area contributed by atoms with Crippen LogP contribution in [0.25, 0.3) is 0 Å². The highest BCUT2D eigenvalue weighted by Crippen LogP contribution is 2.36. The van der Waals surface area contributed by atoms with Crippen LogP contribution in [0.15, 0.2) is 60.7 Å². The normalized spacial score (nSPS) is 19.2. The Morgan fingerprint density at radius 1 is 0.889 bits per heavy atom. The zero-order valence-electron chi connectivity index (χ0n) is 10.1. The van der Waals surface area contributed by atoms with Crippen molar-refractivity contribution in [2.45, 2.75) is 18.9 Å². The number of carbonyl (C=O) groups excluding carboxylic acids is 1. The van der Waals surface area contributed by atoms with Crippen molar-refractivity contribution in [2.75, 3.05) is 4.90 Å². The summed E-state index contributed by atoms with van der Waals surface area (Å²) in [6.07, 6.45) is 1.53. The maximum absolute atomic E-state index is 12.1. The fraction of sp³-hybridized carbons (Fsp3) is 0.188. The molecule has 18 heavy (non-hydrogen) atoms. The number of benzene rings is 2. The summed E-state index contributed by atoms with van der Waals surface area (Å²) in [5.41, 5.74) is 2.21. The van der Waals surface area contributed by atoms with Gasteiger partial charge in [-0.05, 0) is 24.1 Å². The molecule has 0 saturated carbocycles. The third-order valence-corrected chi connectivity index (χ3v) is 3.43. The average Bonchev–Trinajstić information content (AvgIpc) is 2.83. The van der Waals surface area contributed by atoms with Crippen LogP contribution in [0.1, 0.15) is 24.4 Å². The third-order valence-electron chi connectivity index (χ3n) is 3.43. The monoisotopic (exact) mass is 237 g/mol. The van der Waals surface area contributed by atoms with Crippen molar-refractivity contribution in [3.8, 4) is 0 Å². The highest BCUT2D eigenvalue weighted by molar-refractivity contribution is 5.96. The number of anilines is 1. The lowest BCUT2D eigenvalue weighted by molar-refractivity contribution is -0.117. The Hall–Kier alpha value is -2.09. The molecule has 1 amide bonds. The predicted octanol–water partition coefficient (Wildman–Crippen LogP) is 3.55. The van der Waals surface area contributed by atoms with E-state index in [-0.39, 0.29) is 11.9 Å². The second-order valence-corrected chi connectivity index (χ2v) is 4.56. The lowest BCUT2D eigenvalue weighted by Gasteiger charge is -2.25. The molecular weight excluding hydrogens is 222 g/mol. The Labute approximate surface area is 107 Å². The summed E-state index contributed by atoms with van der Waals surface area (Å²) in [5.74, 6) is 0.218. The molecule has 0 aromatic heterocycles. The predicted molar refractivity (Wildman–Crippen MR) is 72.3 cm³/mol. The minimum absolute atomic E-state index is 0.182. The van der Waals surface area contributed by atoms with E-state index in [1.165, 1.54) is 5.56 Å². The molecule has 0 N–H and O–H groups in total. The molecule has 2 aromatic rings. The molecule has 1 saturated heterocycles.